The zero-order valence-corrected chi connectivity index (χ0v) is 18.8. The van der Waals surface area contributed by atoms with Crippen LogP contribution in [0.15, 0.2) is 47.6 Å². The second kappa shape index (κ2) is 10.6. The summed E-state index contributed by atoms with van der Waals surface area (Å²) >= 11 is 0. The van der Waals surface area contributed by atoms with Crippen molar-refractivity contribution in [1.82, 2.24) is 15.2 Å². The third kappa shape index (κ3) is 5.48. The van der Waals surface area contributed by atoms with E-state index in [1.54, 1.807) is 6.07 Å². The number of rotatable bonds is 5. The summed E-state index contributed by atoms with van der Waals surface area (Å²) in [6.45, 7) is 8.13. The lowest BCUT2D eigenvalue weighted by atomic mass is 10.1. The molecule has 3 heterocycles. The molecule has 0 atom stereocenters. The second-order valence-corrected chi connectivity index (χ2v) is 8.34. The van der Waals surface area contributed by atoms with Crippen molar-refractivity contribution in [1.29, 1.82) is 0 Å². The van der Waals surface area contributed by atoms with Gasteiger partial charge in [-0.25, -0.2) is 14.4 Å². The number of hydrogen-bond donors (Lipinski definition) is 2. The first-order chi connectivity index (χ1) is 15.6. The molecule has 8 heteroatoms. The molecular formula is C24H33FN6O. The predicted molar refractivity (Wildman–Crippen MR) is 127 cm³/mol. The van der Waals surface area contributed by atoms with Gasteiger partial charge < -0.3 is 25.1 Å². The maximum absolute atomic E-state index is 14.8. The van der Waals surface area contributed by atoms with E-state index >= 15 is 0 Å². The van der Waals surface area contributed by atoms with Crippen LogP contribution in [0.4, 0.5) is 15.9 Å². The first-order valence-electron chi connectivity index (χ1n) is 11.5. The molecule has 7 nitrogen and oxygen atoms in total. The summed E-state index contributed by atoms with van der Waals surface area (Å²) in [5.74, 6) is 1.65. The summed E-state index contributed by atoms with van der Waals surface area (Å²) in [6, 6.07) is 11.4. The van der Waals surface area contributed by atoms with Crippen molar-refractivity contribution in [3.8, 4) is 0 Å². The molecule has 2 aliphatic rings. The molecule has 2 N–H and O–H groups in total. The summed E-state index contributed by atoms with van der Waals surface area (Å²) in [4.78, 5) is 15.8. The van der Waals surface area contributed by atoms with Gasteiger partial charge in [-0.1, -0.05) is 12.1 Å². The normalized spacial score (nSPS) is 18.2. The lowest BCUT2D eigenvalue weighted by molar-refractivity contribution is 0.145. The van der Waals surface area contributed by atoms with Crippen molar-refractivity contribution in [2.24, 2.45) is 4.99 Å². The van der Waals surface area contributed by atoms with Gasteiger partial charge in [0.25, 0.3) is 0 Å². The molecule has 2 saturated heterocycles. The Morgan fingerprint density at radius 1 is 1.09 bits per heavy atom. The van der Waals surface area contributed by atoms with Crippen LogP contribution in [-0.4, -0.2) is 72.9 Å². The van der Waals surface area contributed by atoms with E-state index in [2.05, 4.69) is 27.0 Å². The molecule has 0 amide bonds. The number of nitrogens with one attached hydrogen (secondary N) is 1. The summed E-state index contributed by atoms with van der Waals surface area (Å²) in [5.41, 5.74) is 1.47. The number of halogens is 1. The summed E-state index contributed by atoms with van der Waals surface area (Å²) in [6.07, 6.45) is 2.93. The van der Waals surface area contributed by atoms with Crippen molar-refractivity contribution in [3.05, 3.63) is 54.0 Å². The fraction of sp³-hybridized carbons (Fsp3) is 0.500. The highest BCUT2D eigenvalue weighted by Crippen LogP contribution is 2.24. The number of piperidine rings is 1. The number of benzene rings is 1. The molecule has 0 saturated carbocycles. The monoisotopic (exact) mass is 440 g/mol. The molecule has 0 radical (unpaired) electrons. The highest BCUT2D eigenvalue weighted by molar-refractivity contribution is 5.80. The zero-order valence-electron chi connectivity index (χ0n) is 18.8. The summed E-state index contributed by atoms with van der Waals surface area (Å²) in [5, 5.41) is 13.1. The molecule has 2 aromatic rings. The van der Waals surface area contributed by atoms with Crippen molar-refractivity contribution >= 4 is 17.5 Å². The number of aliphatic hydroxyl groups excluding tert-OH is 1. The lowest BCUT2D eigenvalue weighted by Gasteiger charge is -2.37. The number of aliphatic imine (C=N–C) groups is 1. The molecule has 0 aliphatic carbocycles. The van der Waals surface area contributed by atoms with Gasteiger partial charge in [0.1, 0.15) is 11.6 Å². The number of aromatic nitrogens is 1. The van der Waals surface area contributed by atoms with Crippen LogP contribution in [0.25, 0.3) is 0 Å². The topological polar surface area (TPSA) is 67.2 Å². The molecule has 2 fully saturated rings. The van der Waals surface area contributed by atoms with Crippen LogP contribution in [0.2, 0.25) is 0 Å². The molecule has 0 spiro atoms. The van der Waals surface area contributed by atoms with Crippen LogP contribution in [0.5, 0.6) is 0 Å². The first kappa shape index (κ1) is 22.3. The molecule has 0 bridgehead atoms. The van der Waals surface area contributed by atoms with Crippen LogP contribution in [0.1, 0.15) is 25.3 Å². The number of anilines is 2. The lowest BCUT2D eigenvalue weighted by Crippen LogP contribution is -2.52. The first-order valence-corrected chi connectivity index (χ1v) is 11.5. The number of piperazine rings is 1. The minimum atomic E-state index is -0.266. The minimum absolute atomic E-state index is 0.219. The molecule has 1 aromatic heterocycles. The third-order valence-corrected chi connectivity index (χ3v) is 6.12. The van der Waals surface area contributed by atoms with E-state index in [4.69, 9.17) is 4.99 Å². The molecule has 4 rings (SSSR count). The van der Waals surface area contributed by atoms with E-state index in [0.29, 0.717) is 38.2 Å². The van der Waals surface area contributed by atoms with E-state index in [-0.39, 0.29) is 11.9 Å². The number of aliphatic hydroxyl groups is 1. The van der Waals surface area contributed by atoms with Crippen molar-refractivity contribution in [2.75, 3.05) is 55.6 Å². The number of pyridine rings is 1. The Bertz CT molecular complexity index is 893. The van der Waals surface area contributed by atoms with Gasteiger partial charge in [0.2, 0.25) is 0 Å². The van der Waals surface area contributed by atoms with E-state index in [9.17, 15) is 9.50 Å². The van der Waals surface area contributed by atoms with Crippen molar-refractivity contribution in [2.45, 2.75) is 32.4 Å². The largest absolute Gasteiger partial charge is 0.393 e. The number of hydrogen-bond acceptors (Lipinski definition) is 5. The SMILES string of the molecule is CCNC(=NCc1ccc(N2CCC(O)CC2)c(F)c1)N1CCN(c2ccccn2)CC1. The minimum Gasteiger partial charge on any atom is -0.393 e. The van der Waals surface area contributed by atoms with Gasteiger partial charge in [0.15, 0.2) is 5.96 Å². The van der Waals surface area contributed by atoms with Gasteiger partial charge in [-0.3, -0.25) is 0 Å². The van der Waals surface area contributed by atoms with Gasteiger partial charge in [0, 0.05) is 52.0 Å². The Kier molecular flexibility index (Phi) is 7.42. The van der Waals surface area contributed by atoms with Crippen LogP contribution >= 0.6 is 0 Å². The summed E-state index contributed by atoms with van der Waals surface area (Å²) < 4.78 is 14.8. The molecule has 1 aromatic carbocycles. The molecule has 172 valence electrons. The van der Waals surface area contributed by atoms with Gasteiger partial charge in [0.05, 0.1) is 18.3 Å². The van der Waals surface area contributed by atoms with Gasteiger partial charge in [-0.2, -0.15) is 0 Å². The van der Waals surface area contributed by atoms with Crippen molar-refractivity contribution < 1.29 is 9.50 Å². The predicted octanol–water partition coefficient (Wildman–Crippen LogP) is 2.47. The van der Waals surface area contributed by atoms with Gasteiger partial charge >= 0.3 is 0 Å². The average molecular weight is 441 g/mol. The Morgan fingerprint density at radius 2 is 1.88 bits per heavy atom. The Balaban J connectivity index is 1.37. The molecule has 2 aliphatic heterocycles. The van der Waals surface area contributed by atoms with Crippen LogP contribution in [-0.2, 0) is 6.54 Å². The van der Waals surface area contributed by atoms with E-state index in [1.807, 2.05) is 41.4 Å². The average Bonchev–Trinajstić information content (AvgIpc) is 2.83. The van der Waals surface area contributed by atoms with Crippen molar-refractivity contribution in [3.63, 3.8) is 0 Å². The van der Waals surface area contributed by atoms with E-state index in [1.165, 1.54) is 0 Å². The fourth-order valence-electron chi connectivity index (χ4n) is 4.29. The molecule has 32 heavy (non-hydrogen) atoms. The Hall–Kier alpha value is -2.87. The molecular weight excluding hydrogens is 407 g/mol. The van der Waals surface area contributed by atoms with Crippen LogP contribution < -0.4 is 15.1 Å². The highest BCUT2D eigenvalue weighted by Gasteiger charge is 2.21. The van der Waals surface area contributed by atoms with Gasteiger partial charge in [-0.15, -0.1) is 0 Å². The Morgan fingerprint density at radius 3 is 2.53 bits per heavy atom. The summed E-state index contributed by atoms with van der Waals surface area (Å²) in [7, 11) is 0. The molecule has 0 unspecified atom stereocenters. The number of guanidine groups is 1. The Labute approximate surface area is 189 Å². The van der Waals surface area contributed by atoms with Crippen LogP contribution in [0.3, 0.4) is 0 Å². The zero-order chi connectivity index (χ0) is 22.3. The smallest absolute Gasteiger partial charge is 0.194 e. The maximum Gasteiger partial charge on any atom is 0.194 e. The standard InChI is InChI=1S/C24H33FN6O/c1-2-26-24(31-15-13-30(14-16-31)23-5-3-4-10-27-23)28-18-19-6-7-22(21(25)17-19)29-11-8-20(32)9-12-29/h3-7,10,17,20,32H,2,8-9,11-16,18H2,1H3,(H,26,28). The highest BCUT2D eigenvalue weighted by atomic mass is 19.1. The second-order valence-electron chi connectivity index (χ2n) is 8.34. The fourth-order valence-corrected chi connectivity index (χ4v) is 4.29. The van der Waals surface area contributed by atoms with Gasteiger partial charge in [-0.05, 0) is 49.6 Å². The number of nitrogens with zero attached hydrogens (tertiary/aromatic N) is 5. The third-order valence-electron chi connectivity index (χ3n) is 6.12. The van der Waals surface area contributed by atoms with E-state index in [0.717, 1.165) is 50.1 Å². The quantitative estimate of drug-likeness (QED) is 0.550. The van der Waals surface area contributed by atoms with E-state index < -0.39 is 0 Å². The van der Waals surface area contributed by atoms with Crippen LogP contribution in [0, 0.1) is 5.82 Å². The maximum atomic E-state index is 14.8.